The molecule has 4 nitrogen and oxygen atoms in total. The fraction of sp³-hybridized carbons (Fsp3) is 0.0667. The topological polar surface area (TPSA) is 54.6 Å². The molecule has 3 aromatic rings. The molecule has 1 N–H and O–H groups in total. The van der Waals surface area contributed by atoms with E-state index in [2.05, 4.69) is 4.98 Å². The van der Waals surface area contributed by atoms with E-state index in [0.29, 0.717) is 11.2 Å². The quantitative estimate of drug-likeness (QED) is 0.723. The van der Waals surface area contributed by atoms with Gasteiger partial charge in [-0.2, -0.15) is 4.98 Å². The number of hydrogen-bond donors (Lipinski definition) is 1. The number of aryl methyl sites for hydroxylation is 1. The number of nitrogens with zero attached hydrogens (tertiary/aromatic N) is 2. The first-order valence-corrected chi connectivity index (χ1v) is 5.94. The molecule has 0 aliphatic heterocycles. The van der Waals surface area contributed by atoms with E-state index >= 15 is 0 Å². The number of pyridine rings is 1. The molecule has 94 valence electrons. The summed E-state index contributed by atoms with van der Waals surface area (Å²) < 4.78 is 1.44. The Bertz CT molecular complexity index is 807. The molecule has 0 fully saturated rings. The molecule has 2 aromatic heterocycles. The van der Waals surface area contributed by atoms with Gasteiger partial charge in [-0.3, -0.25) is 9.20 Å². The highest BCUT2D eigenvalue weighted by molar-refractivity contribution is 5.68. The van der Waals surface area contributed by atoms with Crippen molar-refractivity contribution in [1.29, 1.82) is 0 Å². The Hall–Kier alpha value is -2.62. The van der Waals surface area contributed by atoms with Gasteiger partial charge in [-0.05, 0) is 30.2 Å². The first kappa shape index (κ1) is 11.5. The third-order valence-electron chi connectivity index (χ3n) is 3.03. The Labute approximate surface area is 109 Å². The van der Waals surface area contributed by atoms with Crippen LogP contribution in [0.25, 0.3) is 16.8 Å². The van der Waals surface area contributed by atoms with Crippen molar-refractivity contribution in [2.75, 3.05) is 0 Å². The van der Waals surface area contributed by atoms with Crippen LogP contribution in [0.4, 0.5) is 0 Å². The molecule has 4 heteroatoms. The van der Waals surface area contributed by atoms with Crippen LogP contribution in [0.2, 0.25) is 0 Å². The summed E-state index contributed by atoms with van der Waals surface area (Å²) in [6.07, 6.45) is 1.67. The van der Waals surface area contributed by atoms with E-state index in [-0.39, 0.29) is 17.0 Å². The number of fused-ring (bicyclic) bond motifs is 1. The maximum atomic E-state index is 12.4. The first-order chi connectivity index (χ1) is 9.16. The molecule has 0 aliphatic rings. The molecule has 0 spiro atoms. The number of rotatable bonds is 1. The van der Waals surface area contributed by atoms with Crippen molar-refractivity contribution in [3.8, 4) is 17.0 Å². The highest BCUT2D eigenvalue weighted by atomic mass is 16.3. The zero-order valence-corrected chi connectivity index (χ0v) is 10.4. The Kier molecular flexibility index (Phi) is 2.56. The summed E-state index contributed by atoms with van der Waals surface area (Å²) in [6, 6.07) is 12.6. The summed E-state index contributed by atoms with van der Waals surface area (Å²) in [4.78, 5) is 16.5. The van der Waals surface area contributed by atoms with Gasteiger partial charge in [0.15, 0.2) is 0 Å². The van der Waals surface area contributed by atoms with Gasteiger partial charge in [0.25, 0.3) is 5.56 Å². The third-order valence-corrected chi connectivity index (χ3v) is 3.03. The van der Waals surface area contributed by atoms with Crippen LogP contribution in [-0.4, -0.2) is 14.5 Å². The summed E-state index contributed by atoms with van der Waals surface area (Å²) in [5.74, 6) is -0.234. The highest BCUT2D eigenvalue weighted by Crippen LogP contribution is 2.23. The monoisotopic (exact) mass is 252 g/mol. The van der Waals surface area contributed by atoms with Crippen molar-refractivity contribution in [2.24, 2.45) is 0 Å². The first-order valence-electron chi connectivity index (χ1n) is 5.94. The van der Waals surface area contributed by atoms with E-state index in [0.717, 1.165) is 5.56 Å². The lowest BCUT2D eigenvalue weighted by molar-refractivity contribution is 0.455. The maximum Gasteiger partial charge on any atom is 0.269 e. The van der Waals surface area contributed by atoms with Gasteiger partial charge >= 0.3 is 0 Å². The predicted octanol–water partition coefficient (Wildman–Crippen LogP) is 2.38. The molecule has 3 rings (SSSR count). The minimum Gasteiger partial charge on any atom is -0.493 e. The Balaban J connectivity index is 2.39. The summed E-state index contributed by atoms with van der Waals surface area (Å²) in [7, 11) is 0. The van der Waals surface area contributed by atoms with Crippen LogP contribution in [-0.2, 0) is 0 Å². The van der Waals surface area contributed by atoms with Crippen molar-refractivity contribution in [3.05, 3.63) is 64.6 Å². The SMILES string of the molecule is Cc1ccn2c(=O)c(-c3ccccc3)c(O)nc2c1. The fourth-order valence-electron chi connectivity index (χ4n) is 2.09. The summed E-state index contributed by atoms with van der Waals surface area (Å²) >= 11 is 0. The van der Waals surface area contributed by atoms with E-state index in [1.54, 1.807) is 24.4 Å². The molecule has 0 aliphatic carbocycles. The minimum atomic E-state index is -0.270. The van der Waals surface area contributed by atoms with Gasteiger partial charge in [0.1, 0.15) is 11.2 Å². The largest absolute Gasteiger partial charge is 0.493 e. The van der Waals surface area contributed by atoms with E-state index in [1.807, 2.05) is 31.2 Å². The average molecular weight is 252 g/mol. The van der Waals surface area contributed by atoms with Crippen molar-refractivity contribution in [2.45, 2.75) is 6.92 Å². The van der Waals surface area contributed by atoms with Crippen LogP contribution in [0.3, 0.4) is 0 Å². The Morgan fingerprint density at radius 1 is 1.16 bits per heavy atom. The van der Waals surface area contributed by atoms with Gasteiger partial charge < -0.3 is 5.11 Å². The van der Waals surface area contributed by atoms with Gasteiger partial charge in [-0.25, -0.2) is 0 Å². The van der Waals surface area contributed by atoms with Crippen LogP contribution in [0.15, 0.2) is 53.5 Å². The van der Waals surface area contributed by atoms with Crippen LogP contribution >= 0.6 is 0 Å². The van der Waals surface area contributed by atoms with Gasteiger partial charge in [0, 0.05) is 6.20 Å². The zero-order chi connectivity index (χ0) is 13.4. The number of aromatic nitrogens is 2. The van der Waals surface area contributed by atoms with Crippen molar-refractivity contribution >= 4 is 5.65 Å². The second-order valence-electron chi connectivity index (χ2n) is 4.41. The van der Waals surface area contributed by atoms with Crippen molar-refractivity contribution in [1.82, 2.24) is 9.38 Å². The van der Waals surface area contributed by atoms with Crippen LogP contribution in [0, 0.1) is 6.92 Å². The molecule has 1 aromatic carbocycles. The molecule has 0 unspecified atom stereocenters. The van der Waals surface area contributed by atoms with E-state index in [1.165, 1.54) is 4.40 Å². The lowest BCUT2D eigenvalue weighted by Crippen LogP contribution is -2.17. The molecule has 19 heavy (non-hydrogen) atoms. The summed E-state index contributed by atoms with van der Waals surface area (Å²) in [6.45, 7) is 1.91. The Morgan fingerprint density at radius 3 is 2.63 bits per heavy atom. The van der Waals surface area contributed by atoms with Crippen molar-refractivity contribution in [3.63, 3.8) is 0 Å². The summed E-state index contributed by atoms with van der Waals surface area (Å²) in [5.41, 5.74) is 2.05. The van der Waals surface area contributed by atoms with Gasteiger partial charge in [0.05, 0.1) is 0 Å². The molecule has 0 saturated heterocycles. The Morgan fingerprint density at radius 2 is 1.89 bits per heavy atom. The summed E-state index contributed by atoms with van der Waals surface area (Å²) in [5, 5.41) is 10.0. The van der Waals surface area contributed by atoms with Crippen molar-refractivity contribution < 1.29 is 5.11 Å². The van der Waals surface area contributed by atoms with E-state index in [4.69, 9.17) is 0 Å². The molecular weight excluding hydrogens is 240 g/mol. The van der Waals surface area contributed by atoms with Gasteiger partial charge in [-0.15, -0.1) is 0 Å². The lowest BCUT2D eigenvalue weighted by atomic mass is 10.1. The number of benzene rings is 1. The van der Waals surface area contributed by atoms with Gasteiger partial charge in [-0.1, -0.05) is 30.3 Å². The molecule has 0 radical (unpaired) electrons. The molecular formula is C15H12N2O2. The van der Waals surface area contributed by atoms with Crippen LogP contribution < -0.4 is 5.56 Å². The zero-order valence-electron chi connectivity index (χ0n) is 10.4. The highest BCUT2D eigenvalue weighted by Gasteiger charge is 2.13. The number of aromatic hydroxyl groups is 1. The second-order valence-corrected chi connectivity index (χ2v) is 4.41. The molecule has 0 atom stereocenters. The molecule has 0 amide bonds. The van der Waals surface area contributed by atoms with Crippen LogP contribution in [0.1, 0.15) is 5.56 Å². The standard InChI is InChI=1S/C15H12N2O2/c1-10-7-8-17-12(9-10)16-14(18)13(15(17)19)11-5-3-2-4-6-11/h2-9,18H,1H3. The maximum absolute atomic E-state index is 12.4. The second kappa shape index (κ2) is 4.24. The number of hydrogen-bond acceptors (Lipinski definition) is 3. The fourth-order valence-corrected chi connectivity index (χ4v) is 2.09. The van der Waals surface area contributed by atoms with Crippen LogP contribution in [0.5, 0.6) is 5.88 Å². The molecule has 0 bridgehead atoms. The molecule has 2 heterocycles. The third kappa shape index (κ3) is 1.87. The smallest absolute Gasteiger partial charge is 0.269 e. The molecule has 0 saturated carbocycles. The normalized spacial score (nSPS) is 10.8. The lowest BCUT2D eigenvalue weighted by Gasteiger charge is -2.07. The van der Waals surface area contributed by atoms with E-state index in [9.17, 15) is 9.90 Å². The van der Waals surface area contributed by atoms with Gasteiger partial charge in [0.2, 0.25) is 5.88 Å². The minimum absolute atomic E-state index is 0.224. The average Bonchev–Trinajstić information content (AvgIpc) is 2.39. The predicted molar refractivity (Wildman–Crippen MR) is 73.3 cm³/mol. The van der Waals surface area contributed by atoms with E-state index < -0.39 is 0 Å².